The highest BCUT2D eigenvalue weighted by Crippen LogP contribution is 2.29. The number of hydrogen-bond acceptors (Lipinski definition) is 2. The van der Waals surface area contributed by atoms with Crippen LogP contribution in [-0.2, 0) is 0 Å². The predicted molar refractivity (Wildman–Crippen MR) is 55.9 cm³/mol. The van der Waals surface area contributed by atoms with Crippen LogP contribution in [0, 0.1) is 5.82 Å². The Morgan fingerprint density at radius 1 is 1.50 bits per heavy atom. The van der Waals surface area contributed by atoms with E-state index in [-0.39, 0.29) is 11.9 Å². The zero-order valence-electron chi connectivity index (χ0n) is 8.55. The molecule has 0 aliphatic carbocycles. The van der Waals surface area contributed by atoms with E-state index in [4.69, 9.17) is 0 Å². The molecule has 0 aromatic heterocycles. The molecular weight excluding hydrogens is 179 g/mol. The van der Waals surface area contributed by atoms with Crippen molar-refractivity contribution in [1.82, 2.24) is 4.90 Å². The quantitative estimate of drug-likeness (QED) is 0.681. The normalized spacial score (nSPS) is 22.4. The number of fused-ring (bicyclic) bond motifs is 1. The van der Waals surface area contributed by atoms with Crippen molar-refractivity contribution in [3.63, 3.8) is 0 Å². The van der Waals surface area contributed by atoms with Crippen LogP contribution < -0.4 is 5.32 Å². The molecule has 1 aliphatic rings. The van der Waals surface area contributed by atoms with Gasteiger partial charge in [-0.1, -0.05) is 0 Å². The van der Waals surface area contributed by atoms with E-state index in [2.05, 4.69) is 24.2 Å². The number of hydrogen-bond donors (Lipinski definition) is 1. The molecule has 0 saturated heterocycles. The highest BCUT2D eigenvalue weighted by molar-refractivity contribution is 5.53. The molecule has 3 heteroatoms. The Kier molecular flexibility index (Phi) is 2.42. The average molecular weight is 194 g/mol. The van der Waals surface area contributed by atoms with Gasteiger partial charge in [-0.25, -0.2) is 4.39 Å². The Hall–Kier alpha value is -1.09. The van der Waals surface area contributed by atoms with E-state index >= 15 is 0 Å². The lowest BCUT2D eigenvalue weighted by Gasteiger charge is -2.22. The minimum Gasteiger partial charge on any atom is -0.383 e. The van der Waals surface area contributed by atoms with Crippen LogP contribution in [0.1, 0.15) is 18.5 Å². The summed E-state index contributed by atoms with van der Waals surface area (Å²) in [5, 5.41) is 3.30. The van der Waals surface area contributed by atoms with E-state index in [1.54, 1.807) is 6.07 Å². The number of anilines is 1. The highest BCUT2D eigenvalue weighted by atomic mass is 19.1. The highest BCUT2D eigenvalue weighted by Gasteiger charge is 2.18. The fraction of sp³-hybridized carbons (Fsp3) is 0.455. The van der Waals surface area contributed by atoms with Crippen molar-refractivity contribution in [3.8, 4) is 0 Å². The van der Waals surface area contributed by atoms with E-state index in [0.29, 0.717) is 0 Å². The van der Waals surface area contributed by atoms with Gasteiger partial charge < -0.3 is 5.32 Å². The fourth-order valence-corrected chi connectivity index (χ4v) is 1.84. The molecule has 0 amide bonds. The molecule has 1 aromatic carbocycles. The number of nitrogens with one attached hydrogen (secondary N) is 1. The summed E-state index contributed by atoms with van der Waals surface area (Å²) < 4.78 is 13.1. The largest absolute Gasteiger partial charge is 0.383 e. The molecule has 0 bridgehead atoms. The summed E-state index contributed by atoms with van der Waals surface area (Å²) in [7, 11) is 2.06. The summed E-state index contributed by atoms with van der Waals surface area (Å²) in [5.41, 5.74) is 2.10. The Morgan fingerprint density at radius 2 is 2.29 bits per heavy atom. The molecule has 0 radical (unpaired) electrons. The lowest BCUT2D eigenvalue weighted by Crippen LogP contribution is -2.24. The molecule has 0 spiro atoms. The first-order valence-electron chi connectivity index (χ1n) is 4.92. The average Bonchev–Trinajstić information content (AvgIpc) is 2.30. The third kappa shape index (κ3) is 1.60. The maximum Gasteiger partial charge on any atom is 0.123 e. The van der Waals surface area contributed by atoms with Gasteiger partial charge in [0.25, 0.3) is 0 Å². The molecule has 2 rings (SSSR count). The van der Waals surface area contributed by atoms with Crippen molar-refractivity contribution in [2.75, 3.05) is 25.5 Å². The molecule has 0 fully saturated rings. The predicted octanol–water partition coefficient (Wildman–Crippen LogP) is 2.24. The monoisotopic (exact) mass is 194 g/mol. The maximum absolute atomic E-state index is 13.1. The van der Waals surface area contributed by atoms with Crippen LogP contribution in [0.4, 0.5) is 10.1 Å². The minimum atomic E-state index is -0.160. The van der Waals surface area contributed by atoms with Crippen LogP contribution >= 0.6 is 0 Å². The third-order valence-electron chi connectivity index (χ3n) is 2.90. The van der Waals surface area contributed by atoms with Crippen LogP contribution in [0.15, 0.2) is 18.2 Å². The molecule has 1 atom stereocenters. The molecule has 76 valence electrons. The van der Waals surface area contributed by atoms with E-state index in [0.717, 1.165) is 24.3 Å². The van der Waals surface area contributed by atoms with Crippen LogP contribution in [0.3, 0.4) is 0 Å². The van der Waals surface area contributed by atoms with Gasteiger partial charge in [0.1, 0.15) is 5.82 Å². The summed E-state index contributed by atoms with van der Waals surface area (Å²) >= 11 is 0. The second kappa shape index (κ2) is 3.58. The molecular formula is C11H15FN2. The van der Waals surface area contributed by atoms with Crippen molar-refractivity contribution in [2.45, 2.75) is 13.0 Å². The number of likely N-dealkylation sites (N-methyl/N-ethyl adjacent to an activating group) is 1. The molecule has 0 saturated carbocycles. The van der Waals surface area contributed by atoms with E-state index in [1.807, 2.05) is 6.07 Å². The first kappa shape index (κ1) is 9.46. The van der Waals surface area contributed by atoms with Crippen molar-refractivity contribution in [2.24, 2.45) is 0 Å². The first-order chi connectivity index (χ1) is 6.68. The topological polar surface area (TPSA) is 15.3 Å². The number of rotatable bonds is 0. The summed E-state index contributed by atoms with van der Waals surface area (Å²) in [5.74, 6) is -0.160. The Balaban J connectivity index is 2.44. The zero-order chi connectivity index (χ0) is 10.1. The van der Waals surface area contributed by atoms with Gasteiger partial charge in [-0.05, 0) is 37.7 Å². The van der Waals surface area contributed by atoms with Gasteiger partial charge >= 0.3 is 0 Å². The van der Waals surface area contributed by atoms with E-state index < -0.39 is 0 Å². The van der Waals surface area contributed by atoms with E-state index in [1.165, 1.54) is 6.07 Å². The van der Waals surface area contributed by atoms with E-state index in [9.17, 15) is 4.39 Å². The molecule has 14 heavy (non-hydrogen) atoms. The van der Waals surface area contributed by atoms with Gasteiger partial charge in [-0.15, -0.1) is 0 Å². The third-order valence-corrected chi connectivity index (χ3v) is 2.90. The Labute approximate surface area is 83.7 Å². The Bertz CT molecular complexity index is 338. The second-order valence-corrected chi connectivity index (χ2v) is 3.81. The summed E-state index contributed by atoms with van der Waals surface area (Å²) in [6.45, 7) is 4.00. The first-order valence-corrected chi connectivity index (χ1v) is 4.92. The smallest absolute Gasteiger partial charge is 0.123 e. The van der Waals surface area contributed by atoms with Gasteiger partial charge in [0.15, 0.2) is 0 Å². The van der Waals surface area contributed by atoms with Crippen LogP contribution in [0.2, 0.25) is 0 Å². The van der Waals surface area contributed by atoms with Crippen LogP contribution in [0.25, 0.3) is 0 Å². The minimum absolute atomic E-state index is 0.160. The molecule has 1 unspecified atom stereocenters. The molecule has 1 aliphatic heterocycles. The van der Waals surface area contributed by atoms with Crippen molar-refractivity contribution >= 4 is 5.69 Å². The molecule has 2 nitrogen and oxygen atoms in total. The summed E-state index contributed by atoms with van der Waals surface area (Å²) in [6, 6.07) is 5.22. The molecule has 1 heterocycles. The lowest BCUT2D eigenvalue weighted by molar-refractivity contribution is 0.277. The summed E-state index contributed by atoms with van der Waals surface area (Å²) in [4.78, 5) is 2.22. The van der Waals surface area contributed by atoms with Crippen molar-refractivity contribution < 1.29 is 4.39 Å². The van der Waals surface area contributed by atoms with Crippen LogP contribution in [0.5, 0.6) is 0 Å². The Morgan fingerprint density at radius 3 is 3.07 bits per heavy atom. The molecule has 1 N–H and O–H groups in total. The molecule has 1 aromatic rings. The van der Waals surface area contributed by atoms with Crippen molar-refractivity contribution in [3.05, 3.63) is 29.6 Å². The number of halogens is 1. The summed E-state index contributed by atoms with van der Waals surface area (Å²) in [6.07, 6.45) is 0. The van der Waals surface area contributed by atoms with Gasteiger partial charge in [0.2, 0.25) is 0 Å². The SMILES string of the molecule is CC1c2cc(F)ccc2NCCN1C. The van der Waals surface area contributed by atoms with Gasteiger partial charge in [-0.3, -0.25) is 4.90 Å². The fourth-order valence-electron chi connectivity index (χ4n) is 1.84. The van der Waals surface area contributed by atoms with Gasteiger partial charge in [0, 0.05) is 24.8 Å². The lowest BCUT2D eigenvalue weighted by atomic mass is 10.1. The van der Waals surface area contributed by atoms with Crippen LogP contribution in [-0.4, -0.2) is 25.0 Å². The maximum atomic E-state index is 13.1. The van der Waals surface area contributed by atoms with Gasteiger partial charge in [0.05, 0.1) is 0 Å². The number of benzene rings is 1. The van der Waals surface area contributed by atoms with Crippen molar-refractivity contribution in [1.29, 1.82) is 0 Å². The number of nitrogens with zero attached hydrogens (tertiary/aromatic N) is 1. The van der Waals surface area contributed by atoms with Gasteiger partial charge in [-0.2, -0.15) is 0 Å². The standard InChI is InChI=1S/C11H15FN2/c1-8-10-7-9(12)3-4-11(10)13-5-6-14(8)2/h3-4,7-8,13H,5-6H2,1-2H3. The second-order valence-electron chi connectivity index (χ2n) is 3.81. The zero-order valence-corrected chi connectivity index (χ0v) is 8.55.